The summed E-state index contributed by atoms with van der Waals surface area (Å²) in [7, 11) is 1.99. The van der Waals surface area contributed by atoms with Crippen LogP contribution in [0.25, 0.3) is 0 Å². The number of likely N-dealkylation sites (tertiary alicyclic amines) is 1. The van der Waals surface area contributed by atoms with Crippen molar-refractivity contribution in [2.45, 2.75) is 38.2 Å². The zero-order chi connectivity index (χ0) is 12.3. The molecule has 2 atom stereocenters. The van der Waals surface area contributed by atoms with Crippen LogP contribution in [0.3, 0.4) is 0 Å². The summed E-state index contributed by atoms with van der Waals surface area (Å²) in [5.74, 6) is 0.615. The summed E-state index contributed by atoms with van der Waals surface area (Å²) < 4.78 is 0. The maximum atomic E-state index is 11.9. The second-order valence-corrected chi connectivity index (χ2v) is 5.54. The van der Waals surface area contributed by atoms with E-state index >= 15 is 0 Å². The second-order valence-electron chi connectivity index (χ2n) is 5.54. The van der Waals surface area contributed by atoms with Gasteiger partial charge in [0, 0.05) is 19.6 Å². The van der Waals surface area contributed by atoms with E-state index in [-0.39, 0.29) is 12.0 Å². The van der Waals surface area contributed by atoms with E-state index in [1.165, 1.54) is 0 Å². The first-order valence-electron chi connectivity index (χ1n) is 6.81. The minimum Gasteiger partial charge on any atom is -0.393 e. The van der Waals surface area contributed by atoms with E-state index in [9.17, 15) is 9.90 Å². The normalized spacial score (nSPS) is 29.2. The standard InChI is InChI=1S/C13H24N2O2/c1-14(9-11-5-4-6-12(11)16)10-13(17)15-7-2-3-8-15/h11-12,16H,2-10H2,1H3. The first kappa shape index (κ1) is 12.8. The number of aliphatic hydroxyl groups excluding tert-OH is 1. The van der Waals surface area contributed by atoms with E-state index in [2.05, 4.69) is 4.90 Å². The van der Waals surface area contributed by atoms with Gasteiger partial charge in [0.1, 0.15) is 0 Å². The maximum Gasteiger partial charge on any atom is 0.236 e. The quantitative estimate of drug-likeness (QED) is 0.787. The molecule has 0 spiro atoms. The van der Waals surface area contributed by atoms with Crippen LogP contribution in [0.4, 0.5) is 0 Å². The molecule has 0 aromatic heterocycles. The van der Waals surface area contributed by atoms with Crippen molar-refractivity contribution in [3.8, 4) is 0 Å². The van der Waals surface area contributed by atoms with Crippen molar-refractivity contribution in [2.24, 2.45) is 5.92 Å². The van der Waals surface area contributed by atoms with E-state index in [0.29, 0.717) is 12.5 Å². The number of likely N-dealkylation sites (N-methyl/N-ethyl adjacent to an activating group) is 1. The number of aliphatic hydroxyl groups is 1. The van der Waals surface area contributed by atoms with E-state index in [1.54, 1.807) is 0 Å². The monoisotopic (exact) mass is 240 g/mol. The lowest BCUT2D eigenvalue weighted by atomic mass is 10.1. The number of amides is 1. The molecule has 2 unspecified atom stereocenters. The Kier molecular flexibility index (Phi) is 4.40. The van der Waals surface area contributed by atoms with Crippen molar-refractivity contribution in [3.05, 3.63) is 0 Å². The van der Waals surface area contributed by atoms with Gasteiger partial charge in [0.05, 0.1) is 12.6 Å². The van der Waals surface area contributed by atoms with Crippen molar-refractivity contribution >= 4 is 5.91 Å². The number of carbonyl (C=O) groups excluding carboxylic acids is 1. The molecule has 4 heteroatoms. The summed E-state index contributed by atoms with van der Waals surface area (Å²) in [6.07, 6.45) is 5.30. The summed E-state index contributed by atoms with van der Waals surface area (Å²) in [6.45, 7) is 3.21. The average molecular weight is 240 g/mol. The van der Waals surface area contributed by atoms with Crippen molar-refractivity contribution in [1.29, 1.82) is 0 Å². The summed E-state index contributed by atoms with van der Waals surface area (Å²) in [5.41, 5.74) is 0. The Labute approximate surface area is 104 Å². The maximum absolute atomic E-state index is 11.9. The largest absolute Gasteiger partial charge is 0.393 e. The van der Waals surface area contributed by atoms with Crippen LogP contribution in [0.2, 0.25) is 0 Å². The predicted octanol–water partition coefficient (Wildman–Crippen LogP) is 0.702. The molecule has 1 saturated heterocycles. The third-order valence-electron chi connectivity index (χ3n) is 4.03. The Bertz CT molecular complexity index is 264. The molecule has 1 amide bonds. The lowest BCUT2D eigenvalue weighted by Crippen LogP contribution is -2.39. The van der Waals surface area contributed by atoms with Crippen molar-refractivity contribution in [2.75, 3.05) is 33.2 Å². The van der Waals surface area contributed by atoms with Crippen LogP contribution in [-0.4, -0.2) is 60.1 Å². The second kappa shape index (κ2) is 5.83. The lowest BCUT2D eigenvalue weighted by molar-refractivity contribution is -0.131. The third-order valence-corrected chi connectivity index (χ3v) is 4.03. The molecule has 0 aromatic carbocycles. The van der Waals surface area contributed by atoms with Gasteiger partial charge in [0.2, 0.25) is 5.91 Å². The van der Waals surface area contributed by atoms with Gasteiger partial charge < -0.3 is 10.0 Å². The van der Waals surface area contributed by atoms with Crippen molar-refractivity contribution in [1.82, 2.24) is 9.80 Å². The fourth-order valence-electron chi connectivity index (χ4n) is 2.99. The average Bonchev–Trinajstić information content (AvgIpc) is 2.90. The first-order chi connectivity index (χ1) is 8.16. The molecule has 98 valence electrons. The van der Waals surface area contributed by atoms with Crippen LogP contribution in [0.1, 0.15) is 32.1 Å². The molecule has 2 fully saturated rings. The van der Waals surface area contributed by atoms with Gasteiger partial charge in [-0.3, -0.25) is 9.69 Å². The van der Waals surface area contributed by atoms with Crippen molar-refractivity contribution < 1.29 is 9.90 Å². The van der Waals surface area contributed by atoms with Gasteiger partial charge in [0.15, 0.2) is 0 Å². The molecule has 0 aromatic rings. The Morgan fingerprint density at radius 3 is 2.59 bits per heavy atom. The van der Waals surface area contributed by atoms with Crippen LogP contribution in [-0.2, 0) is 4.79 Å². The number of carbonyl (C=O) groups is 1. The Morgan fingerprint density at radius 2 is 2.00 bits per heavy atom. The van der Waals surface area contributed by atoms with E-state index < -0.39 is 0 Å². The first-order valence-corrected chi connectivity index (χ1v) is 6.81. The van der Waals surface area contributed by atoms with Crippen LogP contribution >= 0.6 is 0 Å². The topological polar surface area (TPSA) is 43.8 Å². The molecule has 2 rings (SSSR count). The van der Waals surface area contributed by atoms with Crippen LogP contribution in [0, 0.1) is 5.92 Å². The summed E-state index contributed by atoms with van der Waals surface area (Å²) in [5, 5.41) is 9.76. The minimum atomic E-state index is -0.153. The molecule has 1 N–H and O–H groups in total. The van der Waals surface area contributed by atoms with Gasteiger partial charge in [-0.25, -0.2) is 0 Å². The third kappa shape index (κ3) is 3.42. The molecule has 17 heavy (non-hydrogen) atoms. The van der Waals surface area contributed by atoms with Crippen molar-refractivity contribution in [3.63, 3.8) is 0 Å². The Hall–Kier alpha value is -0.610. The summed E-state index contributed by atoms with van der Waals surface area (Å²) in [6, 6.07) is 0. The highest BCUT2D eigenvalue weighted by Crippen LogP contribution is 2.25. The number of rotatable bonds is 4. The summed E-state index contributed by atoms with van der Waals surface area (Å²) >= 11 is 0. The lowest BCUT2D eigenvalue weighted by Gasteiger charge is -2.24. The smallest absolute Gasteiger partial charge is 0.236 e. The zero-order valence-electron chi connectivity index (χ0n) is 10.8. The van der Waals surface area contributed by atoms with E-state index in [0.717, 1.165) is 51.7 Å². The van der Waals surface area contributed by atoms with Gasteiger partial charge in [-0.1, -0.05) is 6.42 Å². The molecule has 1 aliphatic heterocycles. The predicted molar refractivity (Wildman–Crippen MR) is 66.7 cm³/mol. The number of nitrogens with zero attached hydrogens (tertiary/aromatic N) is 2. The van der Waals surface area contributed by atoms with Gasteiger partial charge >= 0.3 is 0 Å². The molecular weight excluding hydrogens is 216 g/mol. The highest BCUT2D eigenvalue weighted by Gasteiger charge is 2.27. The number of hydrogen-bond acceptors (Lipinski definition) is 3. The number of hydrogen-bond donors (Lipinski definition) is 1. The highest BCUT2D eigenvalue weighted by atomic mass is 16.3. The van der Waals surface area contributed by atoms with E-state index in [1.807, 2.05) is 11.9 Å². The molecule has 1 saturated carbocycles. The molecule has 0 radical (unpaired) electrons. The van der Waals surface area contributed by atoms with Gasteiger partial charge in [-0.2, -0.15) is 0 Å². The summed E-state index contributed by atoms with van der Waals surface area (Å²) in [4.78, 5) is 16.0. The fraction of sp³-hybridized carbons (Fsp3) is 0.923. The van der Waals surface area contributed by atoms with E-state index in [4.69, 9.17) is 0 Å². The molecule has 1 heterocycles. The SMILES string of the molecule is CN(CC(=O)N1CCCC1)CC1CCCC1O. The Balaban J connectivity index is 1.72. The molecule has 0 bridgehead atoms. The van der Waals surface area contributed by atoms with Gasteiger partial charge in [0.25, 0.3) is 0 Å². The zero-order valence-corrected chi connectivity index (χ0v) is 10.8. The van der Waals surface area contributed by atoms with Gasteiger partial charge in [-0.05, 0) is 38.6 Å². The van der Waals surface area contributed by atoms with Crippen LogP contribution in [0.5, 0.6) is 0 Å². The highest BCUT2D eigenvalue weighted by molar-refractivity contribution is 5.78. The van der Waals surface area contributed by atoms with Crippen LogP contribution < -0.4 is 0 Å². The molecule has 4 nitrogen and oxygen atoms in total. The van der Waals surface area contributed by atoms with Crippen LogP contribution in [0.15, 0.2) is 0 Å². The molecular formula is C13H24N2O2. The molecule has 1 aliphatic carbocycles. The minimum absolute atomic E-state index is 0.153. The fourth-order valence-corrected chi connectivity index (χ4v) is 2.99. The molecule has 2 aliphatic rings. The van der Waals surface area contributed by atoms with Gasteiger partial charge in [-0.15, -0.1) is 0 Å². The Morgan fingerprint density at radius 1 is 1.29 bits per heavy atom.